The highest BCUT2D eigenvalue weighted by Crippen LogP contribution is 2.21. The van der Waals surface area contributed by atoms with E-state index in [-0.39, 0.29) is 22.8 Å². The van der Waals surface area contributed by atoms with Gasteiger partial charge in [0.1, 0.15) is 11.3 Å². The van der Waals surface area contributed by atoms with E-state index in [0.717, 1.165) is 6.42 Å². The van der Waals surface area contributed by atoms with E-state index in [1.807, 2.05) is 6.92 Å². The van der Waals surface area contributed by atoms with Gasteiger partial charge in [0.05, 0.1) is 0 Å². The molecule has 0 heterocycles. The number of carbonyl (C=O) groups excluding carboxylic acids is 3. The molecule has 6 nitrogen and oxygen atoms in total. The number of nitrogens with one attached hydrogen (secondary N) is 1. The van der Waals surface area contributed by atoms with Crippen LogP contribution in [-0.2, 0) is 9.53 Å². The van der Waals surface area contributed by atoms with Crippen molar-refractivity contribution in [3.8, 4) is 5.75 Å². The highest BCUT2D eigenvalue weighted by molar-refractivity contribution is 6.00. The molecular formula is C20H19F2NO5. The van der Waals surface area contributed by atoms with E-state index in [9.17, 15) is 23.2 Å². The normalized spacial score (nSPS) is 10.4. The summed E-state index contributed by atoms with van der Waals surface area (Å²) >= 11 is 0. The van der Waals surface area contributed by atoms with Gasteiger partial charge in [0.2, 0.25) is 5.91 Å². The highest BCUT2D eigenvalue weighted by Gasteiger charge is 2.18. The number of ketones is 1. The minimum Gasteiger partial charge on any atom is -0.454 e. The number of halogens is 2. The first-order valence-electron chi connectivity index (χ1n) is 8.54. The Morgan fingerprint density at radius 3 is 2.36 bits per heavy atom. The molecule has 0 unspecified atom stereocenters. The molecule has 0 fully saturated rings. The van der Waals surface area contributed by atoms with Crippen molar-refractivity contribution < 1.29 is 32.6 Å². The molecule has 0 bridgehead atoms. The number of alkyl halides is 2. The van der Waals surface area contributed by atoms with E-state index >= 15 is 0 Å². The van der Waals surface area contributed by atoms with Gasteiger partial charge in [0.25, 0.3) is 0 Å². The fourth-order valence-corrected chi connectivity index (χ4v) is 2.32. The minimum atomic E-state index is -3.09. The average Bonchev–Trinajstić information content (AvgIpc) is 2.66. The lowest BCUT2D eigenvalue weighted by Crippen LogP contribution is -2.16. The third-order valence-electron chi connectivity index (χ3n) is 3.63. The summed E-state index contributed by atoms with van der Waals surface area (Å²) in [7, 11) is 0. The molecule has 0 aromatic heterocycles. The number of ether oxygens (including phenoxy) is 2. The molecule has 1 N–H and O–H groups in total. The Hall–Kier alpha value is -3.29. The van der Waals surface area contributed by atoms with Crippen molar-refractivity contribution in [2.75, 3.05) is 11.9 Å². The Morgan fingerprint density at radius 2 is 1.71 bits per heavy atom. The van der Waals surface area contributed by atoms with E-state index in [1.54, 1.807) is 12.1 Å². The number of anilines is 1. The highest BCUT2D eigenvalue weighted by atomic mass is 19.3. The number of amides is 1. The summed E-state index contributed by atoms with van der Waals surface area (Å²) in [6.07, 6.45) is 1.12. The molecule has 0 aliphatic heterocycles. The van der Waals surface area contributed by atoms with E-state index in [4.69, 9.17) is 4.74 Å². The third kappa shape index (κ3) is 6.15. The zero-order valence-electron chi connectivity index (χ0n) is 15.1. The molecule has 0 spiro atoms. The van der Waals surface area contributed by atoms with Crippen LogP contribution in [0.4, 0.5) is 14.5 Å². The Labute approximate surface area is 160 Å². The Morgan fingerprint density at radius 1 is 1.04 bits per heavy atom. The quantitative estimate of drug-likeness (QED) is 0.515. The van der Waals surface area contributed by atoms with Gasteiger partial charge in [-0.25, -0.2) is 4.79 Å². The molecular weight excluding hydrogens is 372 g/mol. The van der Waals surface area contributed by atoms with E-state index < -0.39 is 25.0 Å². The van der Waals surface area contributed by atoms with Crippen molar-refractivity contribution in [3.63, 3.8) is 0 Å². The van der Waals surface area contributed by atoms with Crippen LogP contribution < -0.4 is 10.1 Å². The second-order valence-electron chi connectivity index (χ2n) is 5.75. The van der Waals surface area contributed by atoms with Gasteiger partial charge in [0.15, 0.2) is 12.4 Å². The van der Waals surface area contributed by atoms with Gasteiger partial charge in [-0.3, -0.25) is 9.59 Å². The van der Waals surface area contributed by atoms with Crippen molar-refractivity contribution in [2.45, 2.75) is 26.4 Å². The number of carbonyl (C=O) groups is 3. The maximum absolute atomic E-state index is 12.4. The number of esters is 1. The van der Waals surface area contributed by atoms with Crippen LogP contribution >= 0.6 is 0 Å². The van der Waals surface area contributed by atoms with Crippen molar-refractivity contribution in [2.24, 2.45) is 0 Å². The topological polar surface area (TPSA) is 81.7 Å². The first kappa shape index (κ1) is 21.0. The van der Waals surface area contributed by atoms with Gasteiger partial charge in [-0.2, -0.15) is 8.78 Å². The summed E-state index contributed by atoms with van der Waals surface area (Å²) in [6, 6.07) is 11.5. The summed E-state index contributed by atoms with van der Waals surface area (Å²) < 4.78 is 34.0. The van der Waals surface area contributed by atoms with Crippen LogP contribution in [0.5, 0.6) is 5.75 Å². The summed E-state index contributed by atoms with van der Waals surface area (Å²) in [5.41, 5.74) is 0.619. The third-order valence-corrected chi connectivity index (χ3v) is 3.63. The molecule has 8 heteroatoms. The van der Waals surface area contributed by atoms with Crippen LogP contribution in [0.2, 0.25) is 0 Å². The van der Waals surface area contributed by atoms with Gasteiger partial charge in [0, 0.05) is 17.7 Å². The molecule has 2 rings (SSSR count). The number of para-hydroxylation sites is 1. The maximum atomic E-state index is 12.4. The zero-order chi connectivity index (χ0) is 20.5. The fraction of sp³-hybridized carbons (Fsp3) is 0.250. The summed E-state index contributed by atoms with van der Waals surface area (Å²) in [5, 5.41) is 2.69. The number of Topliss-reactive ketones (excluding diaryl/α,β-unsaturated/α-hetero) is 1. The zero-order valence-corrected chi connectivity index (χ0v) is 15.1. The Balaban J connectivity index is 1.95. The molecule has 148 valence electrons. The van der Waals surface area contributed by atoms with Crippen molar-refractivity contribution in [1.29, 1.82) is 0 Å². The molecule has 0 aliphatic rings. The molecule has 2 aromatic rings. The fourth-order valence-electron chi connectivity index (χ4n) is 2.32. The largest absolute Gasteiger partial charge is 0.454 e. The van der Waals surface area contributed by atoms with Crippen LogP contribution in [0, 0.1) is 0 Å². The van der Waals surface area contributed by atoms with Crippen molar-refractivity contribution >= 4 is 23.3 Å². The predicted molar refractivity (Wildman–Crippen MR) is 97.7 cm³/mol. The monoisotopic (exact) mass is 391 g/mol. The van der Waals surface area contributed by atoms with Gasteiger partial charge >= 0.3 is 12.6 Å². The summed E-state index contributed by atoms with van der Waals surface area (Å²) in [5.74, 6) is -1.89. The molecule has 0 saturated heterocycles. The molecule has 28 heavy (non-hydrogen) atoms. The van der Waals surface area contributed by atoms with Crippen LogP contribution in [-0.4, -0.2) is 30.9 Å². The molecule has 0 aliphatic carbocycles. The molecule has 2 aromatic carbocycles. The second kappa shape index (κ2) is 10.1. The summed E-state index contributed by atoms with van der Waals surface area (Å²) in [4.78, 5) is 35.8. The predicted octanol–water partition coefficient (Wildman–Crippen LogP) is 4.07. The Kier molecular flexibility index (Phi) is 7.62. The van der Waals surface area contributed by atoms with Crippen LogP contribution in [0.3, 0.4) is 0 Å². The first-order valence-corrected chi connectivity index (χ1v) is 8.54. The van der Waals surface area contributed by atoms with Crippen molar-refractivity contribution in [3.05, 3.63) is 59.7 Å². The van der Waals surface area contributed by atoms with E-state index in [1.165, 1.54) is 36.4 Å². The lowest BCUT2D eigenvalue weighted by Gasteiger charge is -2.10. The van der Waals surface area contributed by atoms with Gasteiger partial charge in [-0.1, -0.05) is 19.1 Å². The summed E-state index contributed by atoms with van der Waals surface area (Å²) in [6.45, 7) is -1.77. The SMILES string of the molecule is CCCC(=O)Nc1ccc(C(=O)COC(=O)c2ccccc2OC(F)F)cc1. The van der Waals surface area contributed by atoms with Gasteiger partial charge < -0.3 is 14.8 Å². The number of rotatable bonds is 9. The number of hydrogen-bond donors (Lipinski definition) is 1. The van der Waals surface area contributed by atoms with Crippen LogP contribution in [0.25, 0.3) is 0 Å². The molecule has 1 amide bonds. The van der Waals surface area contributed by atoms with Gasteiger partial charge in [-0.15, -0.1) is 0 Å². The number of hydrogen-bond acceptors (Lipinski definition) is 5. The van der Waals surface area contributed by atoms with Crippen LogP contribution in [0.15, 0.2) is 48.5 Å². The molecule has 0 atom stereocenters. The van der Waals surface area contributed by atoms with E-state index in [2.05, 4.69) is 10.1 Å². The maximum Gasteiger partial charge on any atom is 0.387 e. The molecule has 0 radical (unpaired) electrons. The minimum absolute atomic E-state index is 0.125. The van der Waals surface area contributed by atoms with Gasteiger partial charge in [-0.05, 0) is 42.8 Å². The lowest BCUT2D eigenvalue weighted by molar-refractivity contribution is -0.116. The van der Waals surface area contributed by atoms with E-state index in [0.29, 0.717) is 12.1 Å². The number of benzene rings is 2. The first-order chi connectivity index (χ1) is 13.4. The average molecular weight is 391 g/mol. The smallest absolute Gasteiger partial charge is 0.387 e. The van der Waals surface area contributed by atoms with Crippen molar-refractivity contribution in [1.82, 2.24) is 0 Å². The Bertz CT molecular complexity index is 837. The second-order valence-corrected chi connectivity index (χ2v) is 5.75. The lowest BCUT2D eigenvalue weighted by atomic mass is 10.1. The molecule has 0 saturated carbocycles. The van der Waals surface area contributed by atoms with Crippen LogP contribution in [0.1, 0.15) is 40.5 Å². The standard InChI is InChI=1S/C20H19F2NO5/c1-2-5-18(25)23-14-10-8-13(9-11-14)16(24)12-27-19(26)15-6-3-4-7-17(15)28-20(21)22/h3-4,6-11,20H,2,5,12H2,1H3,(H,23,25).